The molecule has 1 aromatic heterocycles. The van der Waals surface area contributed by atoms with E-state index in [-0.39, 0.29) is 36.1 Å². The maximum Gasteiger partial charge on any atom is 0.228 e. The second-order valence-corrected chi connectivity index (χ2v) is 8.46. The fraction of sp³-hybridized carbons (Fsp3) is 0.429. The molecule has 1 aliphatic heterocycles. The van der Waals surface area contributed by atoms with Gasteiger partial charge in [0, 0.05) is 30.0 Å². The lowest BCUT2D eigenvalue weighted by Gasteiger charge is -2.15. The largest absolute Gasteiger partial charge is 0.349 e. The van der Waals surface area contributed by atoms with Gasteiger partial charge in [0.2, 0.25) is 17.7 Å². The van der Waals surface area contributed by atoms with Gasteiger partial charge in [-0.1, -0.05) is 12.1 Å². The zero-order chi connectivity index (χ0) is 20.4. The Bertz CT molecular complexity index is 920. The number of aromatic nitrogens is 1. The van der Waals surface area contributed by atoms with Crippen molar-refractivity contribution in [1.29, 1.82) is 0 Å². The number of benzene rings is 1. The quantitative estimate of drug-likeness (QED) is 0.731. The van der Waals surface area contributed by atoms with E-state index in [2.05, 4.69) is 15.6 Å². The van der Waals surface area contributed by atoms with Crippen molar-refractivity contribution in [2.75, 3.05) is 16.8 Å². The molecule has 0 radical (unpaired) electrons. The Morgan fingerprint density at radius 2 is 2.03 bits per heavy atom. The SMILES string of the molecule is CC(NC(=O)Cc1csc(N2CCCC2=O)n1)c1ccc(NC(=O)C2CC2)cc1. The van der Waals surface area contributed by atoms with E-state index >= 15 is 0 Å². The summed E-state index contributed by atoms with van der Waals surface area (Å²) in [7, 11) is 0. The molecule has 3 amide bonds. The molecule has 1 atom stereocenters. The van der Waals surface area contributed by atoms with E-state index in [0.29, 0.717) is 23.8 Å². The monoisotopic (exact) mass is 412 g/mol. The van der Waals surface area contributed by atoms with Crippen LogP contribution in [-0.4, -0.2) is 29.3 Å². The van der Waals surface area contributed by atoms with Gasteiger partial charge in [0.15, 0.2) is 5.13 Å². The molecule has 152 valence electrons. The molecule has 29 heavy (non-hydrogen) atoms. The number of carbonyl (C=O) groups is 3. The molecule has 2 aromatic rings. The third kappa shape index (κ3) is 4.82. The number of thiazole rings is 1. The highest BCUT2D eigenvalue weighted by Gasteiger charge is 2.29. The summed E-state index contributed by atoms with van der Waals surface area (Å²) in [5.41, 5.74) is 2.41. The minimum Gasteiger partial charge on any atom is -0.349 e. The lowest BCUT2D eigenvalue weighted by atomic mass is 10.1. The number of hydrogen-bond donors (Lipinski definition) is 2. The minimum absolute atomic E-state index is 0.0809. The fourth-order valence-corrected chi connectivity index (χ4v) is 4.20. The second-order valence-electron chi connectivity index (χ2n) is 7.62. The molecule has 0 spiro atoms. The zero-order valence-corrected chi connectivity index (χ0v) is 17.1. The summed E-state index contributed by atoms with van der Waals surface area (Å²) in [4.78, 5) is 42.2. The standard InChI is InChI=1S/C21H24N4O3S/c1-13(14-6-8-16(9-7-14)23-20(28)15-4-5-15)22-18(26)11-17-12-29-21(24-17)25-10-2-3-19(25)27/h6-9,12-13,15H,2-5,10-11H2,1H3,(H,22,26)(H,23,28). The molecule has 1 aromatic carbocycles. The Kier molecular flexibility index (Phi) is 5.62. The van der Waals surface area contributed by atoms with Gasteiger partial charge < -0.3 is 10.6 Å². The predicted molar refractivity (Wildman–Crippen MR) is 112 cm³/mol. The molecule has 2 aliphatic rings. The first-order valence-corrected chi connectivity index (χ1v) is 10.8. The van der Waals surface area contributed by atoms with E-state index in [9.17, 15) is 14.4 Å². The summed E-state index contributed by atoms with van der Waals surface area (Å²) in [6, 6.07) is 7.38. The first-order chi connectivity index (χ1) is 14.0. The summed E-state index contributed by atoms with van der Waals surface area (Å²) in [5.74, 6) is 0.231. The average Bonchev–Trinajstić information content (AvgIpc) is 3.32. The average molecular weight is 413 g/mol. The Labute approximate surface area is 173 Å². The molecule has 1 saturated heterocycles. The van der Waals surface area contributed by atoms with Crippen molar-refractivity contribution in [3.63, 3.8) is 0 Å². The predicted octanol–water partition coefficient (Wildman–Crippen LogP) is 3.04. The molecular weight excluding hydrogens is 388 g/mol. The molecule has 2 N–H and O–H groups in total. The zero-order valence-electron chi connectivity index (χ0n) is 16.3. The van der Waals surface area contributed by atoms with Gasteiger partial charge in [-0.05, 0) is 43.9 Å². The van der Waals surface area contributed by atoms with Gasteiger partial charge in [0.1, 0.15) is 0 Å². The smallest absolute Gasteiger partial charge is 0.228 e. The number of amides is 3. The van der Waals surface area contributed by atoms with Crippen LogP contribution in [0, 0.1) is 5.92 Å². The van der Waals surface area contributed by atoms with Crippen LogP contribution in [0.2, 0.25) is 0 Å². The van der Waals surface area contributed by atoms with Crippen molar-refractivity contribution < 1.29 is 14.4 Å². The lowest BCUT2D eigenvalue weighted by Crippen LogP contribution is -2.28. The van der Waals surface area contributed by atoms with Gasteiger partial charge in [0.05, 0.1) is 18.2 Å². The normalized spacial score (nSPS) is 17.3. The van der Waals surface area contributed by atoms with Crippen molar-refractivity contribution in [3.05, 3.63) is 40.9 Å². The molecule has 7 nitrogen and oxygen atoms in total. The third-order valence-electron chi connectivity index (χ3n) is 5.19. The molecule has 1 unspecified atom stereocenters. The molecule has 1 saturated carbocycles. The second kappa shape index (κ2) is 8.32. The van der Waals surface area contributed by atoms with Crippen molar-refractivity contribution in [2.45, 2.75) is 45.1 Å². The highest BCUT2D eigenvalue weighted by molar-refractivity contribution is 7.14. The fourth-order valence-electron chi connectivity index (χ4n) is 3.34. The van der Waals surface area contributed by atoms with E-state index in [4.69, 9.17) is 0 Å². The number of nitrogens with one attached hydrogen (secondary N) is 2. The van der Waals surface area contributed by atoms with Crippen molar-refractivity contribution in [2.24, 2.45) is 5.92 Å². The molecular formula is C21H24N4O3S. The summed E-state index contributed by atoms with van der Waals surface area (Å²) in [6.07, 6.45) is 3.55. The summed E-state index contributed by atoms with van der Waals surface area (Å²) < 4.78 is 0. The van der Waals surface area contributed by atoms with E-state index in [1.807, 2.05) is 36.6 Å². The molecule has 1 aliphatic carbocycles. The van der Waals surface area contributed by atoms with Crippen molar-refractivity contribution >= 4 is 39.9 Å². The van der Waals surface area contributed by atoms with Gasteiger partial charge in [-0.25, -0.2) is 4.98 Å². The maximum atomic E-state index is 12.4. The van der Waals surface area contributed by atoms with Crippen LogP contribution in [0.1, 0.15) is 49.9 Å². The van der Waals surface area contributed by atoms with Crippen LogP contribution in [0.15, 0.2) is 29.6 Å². The Balaban J connectivity index is 1.29. The third-order valence-corrected chi connectivity index (χ3v) is 6.10. The molecule has 2 fully saturated rings. The van der Waals surface area contributed by atoms with Gasteiger partial charge in [-0.3, -0.25) is 19.3 Å². The van der Waals surface area contributed by atoms with Gasteiger partial charge in [-0.2, -0.15) is 0 Å². The number of rotatable bonds is 7. The van der Waals surface area contributed by atoms with E-state index < -0.39 is 0 Å². The topological polar surface area (TPSA) is 91.4 Å². The van der Waals surface area contributed by atoms with Crippen molar-refractivity contribution in [3.8, 4) is 0 Å². The number of nitrogens with zero attached hydrogens (tertiary/aromatic N) is 2. The van der Waals surface area contributed by atoms with Crippen LogP contribution in [0.25, 0.3) is 0 Å². The van der Waals surface area contributed by atoms with Gasteiger partial charge >= 0.3 is 0 Å². The number of anilines is 2. The summed E-state index contributed by atoms with van der Waals surface area (Å²) in [5, 5.41) is 8.40. The van der Waals surface area contributed by atoms with Crippen LogP contribution in [0.4, 0.5) is 10.8 Å². The lowest BCUT2D eigenvalue weighted by molar-refractivity contribution is -0.121. The van der Waals surface area contributed by atoms with Crippen LogP contribution < -0.4 is 15.5 Å². The highest BCUT2D eigenvalue weighted by atomic mass is 32.1. The molecule has 2 heterocycles. The van der Waals surface area contributed by atoms with Crippen LogP contribution in [-0.2, 0) is 20.8 Å². The number of hydrogen-bond acceptors (Lipinski definition) is 5. The molecule has 8 heteroatoms. The van der Waals surface area contributed by atoms with Crippen LogP contribution in [0.5, 0.6) is 0 Å². The van der Waals surface area contributed by atoms with E-state index in [0.717, 1.165) is 30.5 Å². The van der Waals surface area contributed by atoms with Crippen molar-refractivity contribution in [1.82, 2.24) is 10.3 Å². The summed E-state index contributed by atoms with van der Waals surface area (Å²) in [6.45, 7) is 2.62. The van der Waals surface area contributed by atoms with Gasteiger partial charge in [0.25, 0.3) is 0 Å². The first-order valence-electron chi connectivity index (χ1n) is 9.94. The molecule has 4 rings (SSSR count). The Morgan fingerprint density at radius 1 is 1.28 bits per heavy atom. The minimum atomic E-state index is -0.158. The van der Waals surface area contributed by atoms with E-state index in [1.165, 1.54) is 11.3 Å². The Morgan fingerprint density at radius 3 is 2.69 bits per heavy atom. The maximum absolute atomic E-state index is 12.4. The van der Waals surface area contributed by atoms with Crippen LogP contribution >= 0.6 is 11.3 Å². The first kappa shape index (κ1) is 19.6. The number of carbonyl (C=O) groups excluding carboxylic acids is 3. The summed E-state index contributed by atoms with van der Waals surface area (Å²) >= 11 is 1.40. The highest BCUT2D eigenvalue weighted by Crippen LogP contribution is 2.30. The van der Waals surface area contributed by atoms with Crippen LogP contribution in [0.3, 0.4) is 0 Å². The van der Waals surface area contributed by atoms with Gasteiger partial charge in [-0.15, -0.1) is 11.3 Å². The van der Waals surface area contributed by atoms with E-state index in [1.54, 1.807) is 4.90 Å². The molecule has 0 bridgehead atoms. The Hall–Kier alpha value is -2.74.